The SMILES string of the molecule is C1=[N+]2CCN1CCN1CCN3C=[N+](CC3)CCN(CC2)CC[N+]2=CN(CC1)CC2. The van der Waals surface area contributed by atoms with Gasteiger partial charge in [-0.2, -0.15) is 0 Å². The molecule has 0 aromatic carbocycles. The maximum Gasteiger partial charge on any atom is 0.234 e. The van der Waals surface area contributed by atoms with Crippen molar-refractivity contribution < 1.29 is 13.7 Å². The number of hydrogen-bond acceptors (Lipinski definition) is 5. The van der Waals surface area contributed by atoms with Crippen molar-refractivity contribution in [3.63, 3.8) is 0 Å². The number of fused-ring (bicyclic) bond motifs is 6. The molecule has 0 N–H and O–H groups in total. The van der Waals surface area contributed by atoms with Crippen molar-refractivity contribution in [3.05, 3.63) is 0 Å². The van der Waals surface area contributed by atoms with E-state index in [4.69, 9.17) is 0 Å². The van der Waals surface area contributed by atoms with Gasteiger partial charge in [0.15, 0.2) is 0 Å². The summed E-state index contributed by atoms with van der Waals surface area (Å²) in [4.78, 5) is 13.0. The van der Waals surface area contributed by atoms with Gasteiger partial charge in [0.05, 0.1) is 39.3 Å². The normalized spacial score (nSPS) is 31.4. The van der Waals surface area contributed by atoms with E-state index in [2.05, 4.69) is 57.2 Å². The second-order valence-corrected chi connectivity index (χ2v) is 9.25. The first-order chi connectivity index (χ1) is 14.3. The lowest BCUT2D eigenvalue weighted by atomic mass is 10.3. The summed E-state index contributed by atoms with van der Waals surface area (Å²) in [6, 6.07) is 0. The van der Waals surface area contributed by atoms with Crippen molar-refractivity contribution in [2.75, 3.05) is 118 Å². The molecule has 8 bridgehead atoms. The number of nitrogens with zero attached hydrogens (tertiary/aromatic N) is 8. The van der Waals surface area contributed by atoms with Gasteiger partial charge in [0.1, 0.15) is 39.3 Å². The molecule has 0 amide bonds. The largest absolute Gasteiger partial charge is 0.292 e. The second kappa shape index (κ2) is 9.00. The van der Waals surface area contributed by atoms with Gasteiger partial charge in [-0.15, -0.1) is 0 Å². The van der Waals surface area contributed by atoms with Gasteiger partial charge in [0.2, 0.25) is 19.0 Å². The van der Waals surface area contributed by atoms with E-state index in [0.717, 1.165) is 39.3 Å². The summed E-state index contributed by atoms with van der Waals surface area (Å²) in [5, 5.41) is 0. The van der Waals surface area contributed by atoms with Crippen molar-refractivity contribution in [3.8, 4) is 0 Å². The molecule has 0 spiro atoms. The summed E-state index contributed by atoms with van der Waals surface area (Å²) >= 11 is 0. The second-order valence-electron chi connectivity index (χ2n) is 9.25. The third-order valence-electron chi connectivity index (χ3n) is 7.22. The Morgan fingerprint density at radius 1 is 0.345 bits per heavy atom. The van der Waals surface area contributed by atoms with E-state index >= 15 is 0 Å². The molecular formula is C21H39N8+3. The fourth-order valence-electron chi connectivity index (χ4n) is 5.12. The van der Waals surface area contributed by atoms with Gasteiger partial charge in [-0.3, -0.25) is 38.2 Å². The topological polar surface area (TPSA) is 25.2 Å². The molecule has 0 fully saturated rings. The van der Waals surface area contributed by atoms with Crippen molar-refractivity contribution in [2.45, 2.75) is 0 Å². The highest BCUT2D eigenvalue weighted by Gasteiger charge is 2.26. The molecular weight excluding hydrogens is 364 g/mol. The minimum absolute atomic E-state index is 1.16. The van der Waals surface area contributed by atoms with Crippen LogP contribution >= 0.6 is 0 Å². The fourth-order valence-corrected chi connectivity index (χ4v) is 5.12. The molecule has 6 heterocycles. The Labute approximate surface area is 175 Å². The van der Waals surface area contributed by atoms with Crippen LogP contribution in [-0.2, 0) is 0 Å². The lowest BCUT2D eigenvalue weighted by Gasteiger charge is -2.24. The first-order valence-electron chi connectivity index (χ1n) is 11.7. The van der Waals surface area contributed by atoms with E-state index < -0.39 is 0 Å². The average molecular weight is 404 g/mol. The Morgan fingerprint density at radius 2 is 0.655 bits per heavy atom. The quantitative estimate of drug-likeness (QED) is 0.423. The van der Waals surface area contributed by atoms with Crippen LogP contribution in [0.15, 0.2) is 0 Å². The lowest BCUT2D eigenvalue weighted by molar-refractivity contribution is -0.525. The summed E-state index contributed by atoms with van der Waals surface area (Å²) in [6.07, 6.45) is 7.22. The standard InChI is InChI=1S/C21H39N8/c1-7-24-13-14-27(19-24)10-4-23-5-11-28-17-15-25(20-28)8-2-22(1)3-9-26-16-18-29(21-26)12-6-23/h19-21H,1-18H2/q+3. The Kier molecular flexibility index (Phi) is 5.99. The van der Waals surface area contributed by atoms with Gasteiger partial charge in [0, 0.05) is 39.3 Å². The molecule has 6 rings (SSSR count). The number of rotatable bonds is 0. The van der Waals surface area contributed by atoms with Crippen LogP contribution in [0.2, 0.25) is 0 Å². The molecule has 0 aliphatic carbocycles. The van der Waals surface area contributed by atoms with E-state index in [0.29, 0.717) is 0 Å². The van der Waals surface area contributed by atoms with E-state index in [-0.39, 0.29) is 0 Å². The third kappa shape index (κ3) is 5.09. The Balaban J connectivity index is 1.37. The van der Waals surface area contributed by atoms with Crippen LogP contribution in [0.1, 0.15) is 0 Å². The molecule has 8 heteroatoms. The van der Waals surface area contributed by atoms with E-state index in [1.807, 2.05) is 0 Å². The zero-order valence-corrected chi connectivity index (χ0v) is 18.0. The molecule has 6 aliphatic heterocycles. The first-order valence-corrected chi connectivity index (χ1v) is 11.7. The van der Waals surface area contributed by atoms with Gasteiger partial charge in [-0.25, -0.2) is 0 Å². The molecule has 6 aliphatic rings. The number of hydrogen-bond donors (Lipinski definition) is 0. The van der Waals surface area contributed by atoms with Crippen LogP contribution in [0.25, 0.3) is 0 Å². The molecule has 0 saturated heterocycles. The van der Waals surface area contributed by atoms with E-state index in [1.54, 1.807) is 0 Å². The van der Waals surface area contributed by atoms with Crippen molar-refractivity contribution >= 4 is 19.0 Å². The monoisotopic (exact) mass is 403 g/mol. The summed E-state index contributed by atoms with van der Waals surface area (Å²) in [7, 11) is 0. The van der Waals surface area contributed by atoms with Crippen LogP contribution in [0, 0.1) is 0 Å². The Hall–Kier alpha value is -1.67. The first kappa shape index (κ1) is 19.3. The molecule has 0 atom stereocenters. The molecule has 0 unspecified atom stereocenters. The van der Waals surface area contributed by atoms with Crippen LogP contribution in [0.3, 0.4) is 0 Å². The average Bonchev–Trinajstić information content (AvgIpc) is 3.47. The van der Waals surface area contributed by atoms with Crippen molar-refractivity contribution in [2.24, 2.45) is 0 Å². The Morgan fingerprint density at radius 3 is 1.03 bits per heavy atom. The summed E-state index contributed by atoms with van der Waals surface area (Å²) in [5.41, 5.74) is 0. The highest BCUT2D eigenvalue weighted by molar-refractivity contribution is 5.51. The van der Waals surface area contributed by atoms with Crippen LogP contribution in [0.4, 0.5) is 0 Å². The van der Waals surface area contributed by atoms with Crippen molar-refractivity contribution in [1.29, 1.82) is 0 Å². The fraction of sp³-hybridized carbons (Fsp3) is 0.857. The smallest absolute Gasteiger partial charge is 0.234 e. The van der Waals surface area contributed by atoms with E-state index in [9.17, 15) is 0 Å². The van der Waals surface area contributed by atoms with Gasteiger partial charge >= 0.3 is 0 Å². The summed E-state index contributed by atoms with van der Waals surface area (Å²) < 4.78 is 7.63. The lowest BCUT2D eigenvalue weighted by Crippen LogP contribution is -2.42. The van der Waals surface area contributed by atoms with Crippen molar-refractivity contribution in [1.82, 2.24) is 24.5 Å². The van der Waals surface area contributed by atoms with Gasteiger partial charge in [-0.1, -0.05) is 0 Å². The molecule has 8 nitrogen and oxygen atoms in total. The molecule has 0 saturated carbocycles. The highest BCUT2D eigenvalue weighted by atomic mass is 15.3. The van der Waals surface area contributed by atoms with Gasteiger partial charge < -0.3 is 0 Å². The zero-order chi connectivity index (χ0) is 19.5. The molecule has 160 valence electrons. The molecule has 0 radical (unpaired) electrons. The summed E-state index contributed by atoms with van der Waals surface area (Å²) in [6.45, 7) is 21.1. The minimum Gasteiger partial charge on any atom is -0.292 e. The van der Waals surface area contributed by atoms with E-state index in [1.165, 1.54) is 78.5 Å². The van der Waals surface area contributed by atoms with Gasteiger partial charge in [-0.05, 0) is 0 Å². The maximum absolute atomic E-state index is 2.70. The molecule has 0 aromatic rings. The molecule has 29 heavy (non-hydrogen) atoms. The minimum atomic E-state index is 1.16. The molecule has 0 aromatic heterocycles. The van der Waals surface area contributed by atoms with Crippen LogP contribution in [0.5, 0.6) is 0 Å². The zero-order valence-electron chi connectivity index (χ0n) is 18.0. The highest BCUT2D eigenvalue weighted by Crippen LogP contribution is 2.04. The van der Waals surface area contributed by atoms with Gasteiger partial charge in [0.25, 0.3) is 0 Å². The van der Waals surface area contributed by atoms with Crippen LogP contribution in [-0.4, -0.2) is 175 Å². The maximum atomic E-state index is 2.70. The Bertz CT molecular complexity index is 581. The summed E-state index contributed by atoms with van der Waals surface area (Å²) in [5.74, 6) is 0. The third-order valence-corrected chi connectivity index (χ3v) is 7.22. The van der Waals surface area contributed by atoms with Crippen LogP contribution < -0.4 is 0 Å². The predicted octanol–water partition coefficient (Wildman–Crippen LogP) is -2.31. The predicted molar refractivity (Wildman–Crippen MR) is 116 cm³/mol.